The predicted molar refractivity (Wildman–Crippen MR) is 82.4 cm³/mol. The lowest BCUT2D eigenvalue weighted by atomic mass is 9.65. The van der Waals surface area contributed by atoms with Gasteiger partial charge in [-0.3, -0.25) is 0 Å². The van der Waals surface area contributed by atoms with Crippen molar-refractivity contribution in [3.05, 3.63) is 12.2 Å². The van der Waals surface area contributed by atoms with Gasteiger partial charge in [-0.05, 0) is 39.7 Å². The van der Waals surface area contributed by atoms with Gasteiger partial charge in [-0.2, -0.15) is 0 Å². The molecule has 6 heteroatoms. The lowest BCUT2D eigenvalue weighted by Crippen LogP contribution is -2.75. The molecule has 126 valence electrons. The van der Waals surface area contributed by atoms with Crippen molar-refractivity contribution in [3.8, 4) is 0 Å². The van der Waals surface area contributed by atoms with Crippen LogP contribution in [0.5, 0.6) is 0 Å². The van der Waals surface area contributed by atoms with Crippen LogP contribution in [0.1, 0.15) is 39.5 Å². The number of hydrogen-bond donors (Lipinski definition) is 4. The van der Waals surface area contributed by atoms with E-state index in [0.29, 0.717) is 12.7 Å². The standard InChI is InChI=1S/C16H27NO5/c1-4-12(10-18)15(2,22)16(17-3,14(20)21)13(19)11-8-6-5-7-9-11/h6,8,10-13,17,19,22H,4-5,7,9H2,1-3H3,(H,20,21)/t11?,12-,13-,15-,16?/m0/s1. The highest BCUT2D eigenvalue weighted by Crippen LogP contribution is 2.38. The number of aliphatic hydroxyl groups is 2. The van der Waals surface area contributed by atoms with Crippen LogP contribution in [0.15, 0.2) is 12.2 Å². The predicted octanol–water partition coefficient (Wildman–Crippen LogP) is 0.722. The van der Waals surface area contributed by atoms with Crippen LogP contribution in [0.2, 0.25) is 0 Å². The minimum absolute atomic E-state index is 0.278. The zero-order chi connectivity index (χ0) is 17.0. The first-order chi connectivity index (χ1) is 10.3. The summed E-state index contributed by atoms with van der Waals surface area (Å²) in [7, 11) is 1.38. The lowest BCUT2D eigenvalue weighted by Gasteiger charge is -2.49. The Bertz CT molecular complexity index is 434. The summed E-state index contributed by atoms with van der Waals surface area (Å²) in [5, 5.41) is 34.0. The van der Waals surface area contributed by atoms with Crippen molar-refractivity contribution in [3.63, 3.8) is 0 Å². The van der Waals surface area contributed by atoms with E-state index in [1.54, 1.807) is 13.0 Å². The first-order valence-electron chi connectivity index (χ1n) is 7.74. The Labute approximate surface area is 131 Å². The number of likely N-dealkylation sites (N-methyl/N-ethyl adjacent to an activating group) is 1. The van der Waals surface area contributed by atoms with E-state index >= 15 is 0 Å². The summed E-state index contributed by atoms with van der Waals surface area (Å²) >= 11 is 0. The first kappa shape index (κ1) is 18.8. The maximum absolute atomic E-state index is 12.0. The summed E-state index contributed by atoms with van der Waals surface area (Å²) in [6.45, 7) is 3.00. The number of carbonyl (C=O) groups is 2. The fourth-order valence-corrected chi connectivity index (χ4v) is 3.49. The van der Waals surface area contributed by atoms with Crippen LogP contribution in [0, 0.1) is 11.8 Å². The third-order valence-electron chi connectivity index (χ3n) is 5.00. The lowest BCUT2D eigenvalue weighted by molar-refractivity contribution is -0.181. The third kappa shape index (κ3) is 2.95. The molecule has 0 aliphatic heterocycles. The fourth-order valence-electron chi connectivity index (χ4n) is 3.49. The van der Waals surface area contributed by atoms with Crippen LogP contribution in [0.4, 0.5) is 0 Å². The Morgan fingerprint density at radius 2 is 2.18 bits per heavy atom. The Hall–Kier alpha value is -1.24. The van der Waals surface area contributed by atoms with Crippen LogP contribution in [-0.4, -0.2) is 51.9 Å². The summed E-state index contributed by atoms with van der Waals surface area (Å²) in [5.74, 6) is -2.65. The molecule has 4 N–H and O–H groups in total. The Morgan fingerprint density at radius 3 is 2.55 bits per heavy atom. The van der Waals surface area contributed by atoms with E-state index in [2.05, 4.69) is 5.32 Å². The normalized spacial score (nSPS) is 26.5. The molecule has 1 rings (SSSR count). The van der Waals surface area contributed by atoms with E-state index in [1.165, 1.54) is 14.0 Å². The van der Waals surface area contributed by atoms with Gasteiger partial charge in [-0.25, -0.2) is 4.79 Å². The van der Waals surface area contributed by atoms with Crippen LogP contribution >= 0.6 is 0 Å². The number of carbonyl (C=O) groups excluding carboxylic acids is 1. The van der Waals surface area contributed by atoms with Crippen LogP contribution < -0.4 is 5.32 Å². The molecule has 0 fully saturated rings. The molecule has 0 saturated heterocycles. The van der Waals surface area contributed by atoms with E-state index in [9.17, 15) is 24.9 Å². The molecule has 2 unspecified atom stereocenters. The zero-order valence-electron chi connectivity index (χ0n) is 13.5. The Kier molecular flexibility index (Phi) is 6.28. The fraction of sp³-hybridized carbons (Fsp3) is 0.750. The van der Waals surface area contributed by atoms with Crippen molar-refractivity contribution >= 4 is 12.3 Å². The molecule has 0 spiro atoms. The van der Waals surface area contributed by atoms with Crippen molar-refractivity contribution in [1.29, 1.82) is 0 Å². The van der Waals surface area contributed by atoms with Crippen molar-refractivity contribution < 1.29 is 24.9 Å². The number of allylic oxidation sites excluding steroid dienone is 1. The minimum Gasteiger partial charge on any atom is -0.480 e. The molecular weight excluding hydrogens is 286 g/mol. The summed E-state index contributed by atoms with van der Waals surface area (Å²) in [6.07, 6.45) is 5.57. The molecular formula is C16H27NO5. The van der Waals surface area contributed by atoms with Gasteiger partial charge in [-0.15, -0.1) is 0 Å². The smallest absolute Gasteiger partial charge is 0.329 e. The number of aldehydes is 1. The van der Waals surface area contributed by atoms with E-state index in [1.807, 2.05) is 6.08 Å². The van der Waals surface area contributed by atoms with Gasteiger partial charge < -0.3 is 25.4 Å². The maximum Gasteiger partial charge on any atom is 0.329 e. The quantitative estimate of drug-likeness (QED) is 0.389. The van der Waals surface area contributed by atoms with Gasteiger partial charge in [0.25, 0.3) is 0 Å². The molecule has 0 aromatic heterocycles. The number of nitrogens with one attached hydrogen (secondary N) is 1. The summed E-state index contributed by atoms with van der Waals surface area (Å²) in [5.41, 5.74) is -3.96. The molecule has 0 heterocycles. The van der Waals surface area contributed by atoms with Gasteiger partial charge in [0.2, 0.25) is 0 Å². The highest BCUT2D eigenvalue weighted by Gasteiger charge is 2.61. The molecule has 0 amide bonds. The van der Waals surface area contributed by atoms with Crippen LogP contribution in [-0.2, 0) is 9.59 Å². The molecule has 0 bridgehead atoms. The number of carboxylic acid groups (broad SMARTS) is 1. The largest absolute Gasteiger partial charge is 0.480 e. The molecule has 0 radical (unpaired) electrons. The van der Waals surface area contributed by atoms with Crippen LogP contribution in [0.3, 0.4) is 0 Å². The highest BCUT2D eigenvalue weighted by molar-refractivity contribution is 5.83. The second kappa shape index (κ2) is 7.35. The topological polar surface area (TPSA) is 107 Å². The van der Waals surface area contributed by atoms with Gasteiger partial charge in [-0.1, -0.05) is 19.1 Å². The van der Waals surface area contributed by atoms with E-state index < -0.39 is 29.1 Å². The average Bonchev–Trinajstić information content (AvgIpc) is 2.49. The number of carboxylic acids is 1. The Morgan fingerprint density at radius 1 is 1.55 bits per heavy atom. The van der Waals surface area contributed by atoms with E-state index in [4.69, 9.17) is 0 Å². The molecule has 22 heavy (non-hydrogen) atoms. The van der Waals surface area contributed by atoms with Gasteiger partial charge in [0.05, 0.1) is 6.10 Å². The zero-order valence-corrected chi connectivity index (χ0v) is 13.5. The SMILES string of the molecule is CC[C@@H](C=O)[C@](C)(O)C(NC)(C(=O)O)[C@@H](O)C1C=CCCC1. The van der Waals surface area contributed by atoms with Gasteiger partial charge >= 0.3 is 5.97 Å². The molecule has 6 nitrogen and oxygen atoms in total. The summed E-state index contributed by atoms with van der Waals surface area (Å²) < 4.78 is 0. The second-order valence-corrected chi connectivity index (χ2v) is 6.13. The molecule has 0 aromatic rings. The number of rotatable bonds is 8. The van der Waals surface area contributed by atoms with E-state index in [0.717, 1.165) is 12.8 Å². The van der Waals surface area contributed by atoms with Crippen molar-refractivity contribution in [1.82, 2.24) is 5.32 Å². The molecule has 5 atom stereocenters. The van der Waals surface area contributed by atoms with Crippen molar-refractivity contribution in [2.75, 3.05) is 7.05 Å². The van der Waals surface area contributed by atoms with Crippen molar-refractivity contribution in [2.24, 2.45) is 11.8 Å². The molecule has 0 aromatic carbocycles. The Balaban J connectivity index is 3.35. The monoisotopic (exact) mass is 313 g/mol. The molecule has 1 aliphatic rings. The molecule has 1 aliphatic carbocycles. The van der Waals surface area contributed by atoms with Gasteiger partial charge in [0, 0.05) is 11.8 Å². The van der Waals surface area contributed by atoms with Gasteiger partial charge in [0.1, 0.15) is 11.9 Å². The molecule has 0 saturated carbocycles. The number of aliphatic hydroxyl groups excluding tert-OH is 1. The average molecular weight is 313 g/mol. The maximum atomic E-state index is 12.0. The first-order valence-corrected chi connectivity index (χ1v) is 7.74. The van der Waals surface area contributed by atoms with Crippen LogP contribution in [0.25, 0.3) is 0 Å². The summed E-state index contributed by atoms with van der Waals surface area (Å²) in [4.78, 5) is 23.3. The minimum atomic E-state index is -2.03. The number of aliphatic carboxylic acids is 1. The highest BCUT2D eigenvalue weighted by atomic mass is 16.4. The summed E-state index contributed by atoms with van der Waals surface area (Å²) in [6, 6.07) is 0. The van der Waals surface area contributed by atoms with E-state index in [-0.39, 0.29) is 12.3 Å². The van der Waals surface area contributed by atoms with Gasteiger partial charge in [0.15, 0.2) is 5.54 Å². The third-order valence-corrected chi connectivity index (χ3v) is 5.00. The van der Waals surface area contributed by atoms with Crippen molar-refractivity contribution in [2.45, 2.75) is 56.8 Å². The second-order valence-electron chi connectivity index (χ2n) is 6.13. The number of hydrogen-bond acceptors (Lipinski definition) is 5.